The molecule has 1 aromatic carbocycles. The topological polar surface area (TPSA) is 50.7 Å². The lowest BCUT2D eigenvalue weighted by Crippen LogP contribution is -2.33. The molecule has 1 fully saturated rings. The van der Waals surface area contributed by atoms with Crippen LogP contribution >= 0.6 is 0 Å². The Labute approximate surface area is 114 Å². The number of piperidine rings is 1. The maximum atomic E-state index is 10.6. The standard InChI is InChI=1S/C15H23NO3/c1-10-13(18-2)7-6-12(15(10)19-3)14(17)11-5-4-8-16-9-11/h6-7,11,14,16-17H,4-5,8-9H2,1-3H3. The second kappa shape index (κ2) is 6.26. The molecule has 106 valence electrons. The SMILES string of the molecule is COc1ccc(C(O)C2CCCNC2)c(OC)c1C. The van der Waals surface area contributed by atoms with E-state index in [2.05, 4.69) is 5.32 Å². The molecule has 4 nitrogen and oxygen atoms in total. The predicted octanol–water partition coefficient (Wildman–Crippen LogP) is 2.05. The van der Waals surface area contributed by atoms with E-state index in [0.717, 1.165) is 48.6 Å². The fraction of sp³-hybridized carbons (Fsp3) is 0.600. The van der Waals surface area contributed by atoms with E-state index in [1.807, 2.05) is 19.1 Å². The van der Waals surface area contributed by atoms with E-state index in [-0.39, 0.29) is 5.92 Å². The van der Waals surface area contributed by atoms with Crippen LogP contribution < -0.4 is 14.8 Å². The summed E-state index contributed by atoms with van der Waals surface area (Å²) in [4.78, 5) is 0. The molecule has 2 rings (SSSR count). The lowest BCUT2D eigenvalue weighted by molar-refractivity contribution is 0.0895. The van der Waals surface area contributed by atoms with Gasteiger partial charge in [0.05, 0.1) is 20.3 Å². The van der Waals surface area contributed by atoms with Gasteiger partial charge >= 0.3 is 0 Å². The van der Waals surface area contributed by atoms with Crippen LogP contribution in [0.25, 0.3) is 0 Å². The maximum Gasteiger partial charge on any atom is 0.131 e. The first kappa shape index (κ1) is 14.2. The molecular formula is C15H23NO3. The number of hydrogen-bond donors (Lipinski definition) is 2. The van der Waals surface area contributed by atoms with Crippen LogP contribution in [0.4, 0.5) is 0 Å². The molecule has 0 saturated carbocycles. The Bertz CT molecular complexity index is 428. The summed E-state index contributed by atoms with van der Waals surface area (Å²) in [6.45, 7) is 3.85. The van der Waals surface area contributed by atoms with Gasteiger partial charge in [-0.15, -0.1) is 0 Å². The third-order valence-corrected chi connectivity index (χ3v) is 3.91. The van der Waals surface area contributed by atoms with Gasteiger partial charge < -0.3 is 19.9 Å². The first-order valence-electron chi connectivity index (χ1n) is 6.79. The van der Waals surface area contributed by atoms with E-state index in [4.69, 9.17) is 9.47 Å². The Morgan fingerprint density at radius 1 is 1.32 bits per heavy atom. The molecule has 2 atom stereocenters. The van der Waals surface area contributed by atoms with Gasteiger partial charge in [-0.2, -0.15) is 0 Å². The van der Waals surface area contributed by atoms with Gasteiger partial charge in [-0.1, -0.05) is 0 Å². The van der Waals surface area contributed by atoms with Crippen molar-refractivity contribution in [2.75, 3.05) is 27.3 Å². The van der Waals surface area contributed by atoms with Crippen LogP contribution in [-0.4, -0.2) is 32.4 Å². The highest BCUT2D eigenvalue weighted by Gasteiger charge is 2.26. The highest BCUT2D eigenvalue weighted by atomic mass is 16.5. The molecular weight excluding hydrogens is 242 g/mol. The minimum atomic E-state index is -0.493. The molecule has 19 heavy (non-hydrogen) atoms. The Hall–Kier alpha value is -1.26. The lowest BCUT2D eigenvalue weighted by atomic mass is 9.88. The summed E-state index contributed by atoms with van der Waals surface area (Å²) < 4.78 is 10.8. The molecule has 0 amide bonds. The first-order valence-corrected chi connectivity index (χ1v) is 6.79. The molecule has 1 saturated heterocycles. The Kier molecular flexibility index (Phi) is 4.66. The molecule has 1 heterocycles. The quantitative estimate of drug-likeness (QED) is 0.875. The first-order chi connectivity index (χ1) is 9.19. The summed E-state index contributed by atoms with van der Waals surface area (Å²) in [6, 6.07) is 3.80. The van der Waals surface area contributed by atoms with Crippen LogP contribution in [0.2, 0.25) is 0 Å². The monoisotopic (exact) mass is 265 g/mol. The zero-order valence-electron chi connectivity index (χ0n) is 11.9. The van der Waals surface area contributed by atoms with Gasteiger partial charge in [0.1, 0.15) is 11.5 Å². The highest BCUT2D eigenvalue weighted by molar-refractivity contribution is 5.50. The average molecular weight is 265 g/mol. The average Bonchev–Trinajstić information content (AvgIpc) is 2.47. The van der Waals surface area contributed by atoms with E-state index in [1.54, 1.807) is 14.2 Å². The van der Waals surface area contributed by atoms with Gasteiger partial charge in [-0.05, 0) is 38.4 Å². The number of methoxy groups -OCH3 is 2. The van der Waals surface area contributed by atoms with Crippen molar-refractivity contribution < 1.29 is 14.6 Å². The van der Waals surface area contributed by atoms with Crippen LogP contribution in [0.5, 0.6) is 11.5 Å². The molecule has 2 N–H and O–H groups in total. The van der Waals surface area contributed by atoms with Crippen molar-refractivity contribution in [1.29, 1.82) is 0 Å². The van der Waals surface area contributed by atoms with Crippen molar-refractivity contribution in [3.05, 3.63) is 23.3 Å². The molecule has 0 radical (unpaired) electrons. The minimum Gasteiger partial charge on any atom is -0.496 e. The van der Waals surface area contributed by atoms with Gasteiger partial charge in [0.2, 0.25) is 0 Å². The second-order valence-corrected chi connectivity index (χ2v) is 5.07. The summed E-state index contributed by atoms with van der Waals surface area (Å²) in [6.07, 6.45) is 1.66. The summed E-state index contributed by atoms with van der Waals surface area (Å²) in [5.74, 6) is 1.77. The van der Waals surface area contributed by atoms with Gasteiger partial charge in [-0.25, -0.2) is 0 Å². The van der Waals surface area contributed by atoms with E-state index >= 15 is 0 Å². The Balaban J connectivity index is 2.30. The number of aliphatic hydroxyl groups is 1. The highest BCUT2D eigenvalue weighted by Crippen LogP contribution is 2.38. The summed E-state index contributed by atoms with van der Waals surface area (Å²) >= 11 is 0. The normalized spacial score (nSPS) is 20.9. The van der Waals surface area contributed by atoms with E-state index in [9.17, 15) is 5.11 Å². The van der Waals surface area contributed by atoms with Crippen molar-refractivity contribution in [2.24, 2.45) is 5.92 Å². The minimum absolute atomic E-state index is 0.246. The fourth-order valence-corrected chi connectivity index (χ4v) is 2.82. The molecule has 0 spiro atoms. The van der Waals surface area contributed by atoms with Gasteiger partial charge in [0.25, 0.3) is 0 Å². The lowest BCUT2D eigenvalue weighted by Gasteiger charge is -2.29. The zero-order chi connectivity index (χ0) is 13.8. The third kappa shape index (κ3) is 2.85. The van der Waals surface area contributed by atoms with Gasteiger partial charge in [-0.3, -0.25) is 0 Å². The van der Waals surface area contributed by atoms with E-state index in [1.165, 1.54) is 0 Å². The van der Waals surface area contributed by atoms with Crippen LogP contribution in [0.3, 0.4) is 0 Å². The van der Waals surface area contributed by atoms with Crippen LogP contribution in [0, 0.1) is 12.8 Å². The van der Waals surface area contributed by atoms with Gasteiger partial charge in [0, 0.05) is 23.6 Å². The maximum absolute atomic E-state index is 10.6. The van der Waals surface area contributed by atoms with Crippen molar-refractivity contribution >= 4 is 0 Å². The summed E-state index contributed by atoms with van der Waals surface area (Å²) in [5.41, 5.74) is 1.79. The van der Waals surface area contributed by atoms with Crippen LogP contribution in [0.15, 0.2) is 12.1 Å². The van der Waals surface area contributed by atoms with Crippen molar-refractivity contribution in [3.8, 4) is 11.5 Å². The van der Waals surface area contributed by atoms with E-state index in [0.29, 0.717) is 0 Å². The van der Waals surface area contributed by atoms with Crippen molar-refractivity contribution in [2.45, 2.75) is 25.9 Å². The third-order valence-electron chi connectivity index (χ3n) is 3.91. The number of nitrogens with one attached hydrogen (secondary N) is 1. The predicted molar refractivity (Wildman–Crippen MR) is 74.8 cm³/mol. The number of hydrogen-bond acceptors (Lipinski definition) is 4. The van der Waals surface area contributed by atoms with Crippen molar-refractivity contribution in [3.63, 3.8) is 0 Å². The molecule has 1 aliphatic heterocycles. The molecule has 0 aliphatic carbocycles. The zero-order valence-corrected chi connectivity index (χ0v) is 11.9. The number of rotatable bonds is 4. The van der Waals surface area contributed by atoms with E-state index < -0.39 is 6.10 Å². The summed E-state index contributed by atoms with van der Waals surface area (Å²) in [7, 11) is 3.28. The van der Waals surface area contributed by atoms with Crippen LogP contribution in [0.1, 0.15) is 30.1 Å². The second-order valence-electron chi connectivity index (χ2n) is 5.07. The molecule has 0 bridgehead atoms. The van der Waals surface area contributed by atoms with Gasteiger partial charge in [0.15, 0.2) is 0 Å². The molecule has 1 aromatic rings. The Morgan fingerprint density at radius 3 is 2.68 bits per heavy atom. The number of benzene rings is 1. The van der Waals surface area contributed by atoms with Crippen LogP contribution in [-0.2, 0) is 0 Å². The Morgan fingerprint density at radius 2 is 2.11 bits per heavy atom. The number of aliphatic hydroxyl groups excluding tert-OH is 1. The molecule has 0 aromatic heterocycles. The number of ether oxygens (including phenoxy) is 2. The summed E-state index contributed by atoms with van der Waals surface area (Å²) in [5, 5.41) is 13.9. The fourth-order valence-electron chi connectivity index (χ4n) is 2.82. The largest absolute Gasteiger partial charge is 0.496 e. The van der Waals surface area contributed by atoms with Crippen molar-refractivity contribution in [1.82, 2.24) is 5.32 Å². The molecule has 2 unspecified atom stereocenters. The smallest absolute Gasteiger partial charge is 0.131 e. The molecule has 1 aliphatic rings. The molecule has 4 heteroatoms.